The van der Waals surface area contributed by atoms with Gasteiger partial charge in [-0.25, -0.2) is 8.42 Å². The minimum atomic E-state index is -3.31. The second-order valence-electron chi connectivity index (χ2n) is 6.33. The first kappa shape index (κ1) is 40.7. The maximum absolute atomic E-state index is 12.8. The summed E-state index contributed by atoms with van der Waals surface area (Å²) < 4.78 is 27.4. The van der Waals surface area contributed by atoms with Crippen LogP contribution in [0.1, 0.15) is 107 Å². The van der Waals surface area contributed by atoms with Crippen LogP contribution in [0.2, 0.25) is 0 Å². The van der Waals surface area contributed by atoms with Gasteiger partial charge in [0.2, 0.25) is 10.0 Å². The lowest BCUT2D eigenvalue weighted by molar-refractivity contribution is -0.136. The quantitative estimate of drug-likeness (QED) is 0.459. The van der Waals surface area contributed by atoms with E-state index in [9.17, 15) is 13.2 Å². The molecule has 0 saturated carbocycles. The van der Waals surface area contributed by atoms with Crippen molar-refractivity contribution < 1.29 is 18.3 Å². The Hall–Kier alpha value is -1.44. The van der Waals surface area contributed by atoms with Crippen LogP contribution in [0.15, 0.2) is 23.1 Å². The number of hydrogen-bond acceptors (Lipinski definition) is 4. The van der Waals surface area contributed by atoms with Crippen LogP contribution in [0, 0.1) is 0 Å². The molecule has 0 bridgehead atoms. The van der Waals surface area contributed by atoms with Gasteiger partial charge in [0.1, 0.15) is 0 Å². The standard InChI is InChI=1S/C15H22N2O2S.C3H6O2.5C2H6/c1-2-16-9-11-17(12-10-16)20(18,19)15-8-4-6-13-5-3-7-14(13)15;1-2-3(4)5;5*1-2/h4,6,8H,2-3,5,7,9-12H2,1H3;2H2,1H3,(H,4,5);5*1-2H3. The first-order chi connectivity index (χ1) is 16.9. The third kappa shape index (κ3) is 15.3. The number of carbonyl (C=O) groups is 1. The van der Waals surface area contributed by atoms with E-state index in [1.807, 2.05) is 75.3 Å². The predicted octanol–water partition coefficient (Wildman–Crippen LogP) is 7.11. The van der Waals surface area contributed by atoms with Gasteiger partial charge in [-0.15, -0.1) is 0 Å². The van der Waals surface area contributed by atoms with E-state index in [0.29, 0.717) is 18.0 Å². The maximum Gasteiger partial charge on any atom is 0.303 e. The van der Waals surface area contributed by atoms with Crippen molar-refractivity contribution in [3.63, 3.8) is 0 Å². The van der Waals surface area contributed by atoms with Crippen molar-refractivity contribution in [2.45, 2.75) is 114 Å². The van der Waals surface area contributed by atoms with Crippen molar-refractivity contribution in [1.82, 2.24) is 9.21 Å². The Bertz CT molecular complexity index is 699. The highest BCUT2D eigenvalue weighted by Gasteiger charge is 2.31. The SMILES string of the molecule is CC.CC.CC.CC.CC.CCC(=O)O.CCN1CCN(S(=O)(=O)c2cccc3c2CCC3)CC1. The van der Waals surface area contributed by atoms with E-state index in [0.717, 1.165) is 44.5 Å². The number of carboxylic acids is 1. The average Bonchev–Trinajstić information content (AvgIpc) is 3.44. The van der Waals surface area contributed by atoms with Crippen molar-refractivity contribution in [1.29, 1.82) is 0 Å². The number of likely N-dealkylation sites (N-methyl/N-ethyl adjacent to an activating group) is 1. The molecular weight excluding hydrogens is 460 g/mol. The third-order valence-electron chi connectivity index (χ3n) is 4.80. The number of piperazine rings is 1. The number of aliphatic carboxylic acids is 1. The Morgan fingerprint density at radius 2 is 1.29 bits per heavy atom. The predicted molar refractivity (Wildman–Crippen MR) is 154 cm³/mol. The monoisotopic (exact) mass is 518 g/mol. The zero-order valence-corrected chi connectivity index (χ0v) is 25.9. The largest absolute Gasteiger partial charge is 0.481 e. The van der Waals surface area contributed by atoms with Crippen LogP contribution in [-0.4, -0.2) is 61.4 Å². The molecule has 7 heteroatoms. The molecule has 6 nitrogen and oxygen atoms in total. The van der Waals surface area contributed by atoms with Gasteiger partial charge in [-0.3, -0.25) is 4.79 Å². The summed E-state index contributed by atoms with van der Waals surface area (Å²) in [6.45, 7) is 27.6. The molecule has 0 aromatic heterocycles. The summed E-state index contributed by atoms with van der Waals surface area (Å²) in [5.74, 6) is -0.745. The van der Waals surface area contributed by atoms with Crippen molar-refractivity contribution in [3.8, 4) is 0 Å². The molecule has 1 aromatic carbocycles. The Morgan fingerprint density at radius 1 is 0.829 bits per heavy atom. The van der Waals surface area contributed by atoms with E-state index in [2.05, 4.69) is 17.9 Å². The fourth-order valence-electron chi connectivity index (χ4n) is 3.25. The van der Waals surface area contributed by atoms with Gasteiger partial charge >= 0.3 is 5.97 Å². The lowest BCUT2D eigenvalue weighted by Crippen LogP contribution is -2.48. The van der Waals surface area contributed by atoms with E-state index in [1.165, 1.54) is 5.56 Å². The van der Waals surface area contributed by atoms with Gasteiger partial charge in [0.15, 0.2) is 0 Å². The van der Waals surface area contributed by atoms with E-state index in [-0.39, 0.29) is 6.42 Å². The molecule has 0 spiro atoms. The van der Waals surface area contributed by atoms with Crippen molar-refractivity contribution in [3.05, 3.63) is 29.3 Å². The van der Waals surface area contributed by atoms with Crippen LogP contribution in [-0.2, 0) is 27.7 Å². The third-order valence-corrected chi connectivity index (χ3v) is 6.78. The highest BCUT2D eigenvalue weighted by Crippen LogP contribution is 2.30. The molecule has 0 unspecified atom stereocenters. The molecule has 0 atom stereocenters. The lowest BCUT2D eigenvalue weighted by Gasteiger charge is -2.33. The van der Waals surface area contributed by atoms with Crippen LogP contribution in [0.25, 0.3) is 0 Å². The van der Waals surface area contributed by atoms with E-state index in [4.69, 9.17) is 5.11 Å². The molecule has 1 N–H and O–H groups in total. The van der Waals surface area contributed by atoms with Crippen LogP contribution in [0.5, 0.6) is 0 Å². The minimum Gasteiger partial charge on any atom is -0.481 e. The van der Waals surface area contributed by atoms with Gasteiger partial charge in [-0.2, -0.15) is 4.31 Å². The number of sulfonamides is 1. The molecule has 1 aliphatic carbocycles. The first-order valence-corrected chi connectivity index (χ1v) is 15.4. The average molecular weight is 519 g/mol. The number of carboxylic acid groups (broad SMARTS) is 1. The first-order valence-electron chi connectivity index (χ1n) is 13.9. The molecule has 1 heterocycles. The van der Waals surface area contributed by atoms with Crippen LogP contribution < -0.4 is 0 Å². The molecule has 1 aromatic rings. The maximum atomic E-state index is 12.8. The second kappa shape index (κ2) is 27.2. The number of fused-ring (bicyclic) bond motifs is 1. The topological polar surface area (TPSA) is 77.9 Å². The summed E-state index contributed by atoms with van der Waals surface area (Å²) in [4.78, 5) is 12.2. The molecule has 0 amide bonds. The molecule has 0 radical (unpaired) electrons. The molecule has 210 valence electrons. The molecule has 3 rings (SSSR count). The zero-order valence-electron chi connectivity index (χ0n) is 25.1. The van der Waals surface area contributed by atoms with Crippen molar-refractivity contribution >= 4 is 16.0 Å². The minimum absolute atomic E-state index is 0.222. The molecular formula is C28H58N2O4S. The van der Waals surface area contributed by atoms with Gasteiger partial charge in [0, 0.05) is 32.6 Å². The smallest absolute Gasteiger partial charge is 0.303 e. The number of nitrogens with zero attached hydrogens (tertiary/aromatic N) is 2. The van der Waals surface area contributed by atoms with Crippen LogP contribution in [0.3, 0.4) is 0 Å². The van der Waals surface area contributed by atoms with Crippen molar-refractivity contribution in [2.24, 2.45) is 0 Å². The van der Waals surface area contributed by atoms with E-state index in [1.54, 1.807) is 17.3 Å². The fourth-order valence-corrected chi connectivity index (χ4v) is 4.97. The molecule has 1 saturated heterocycles. The molecule has 2 aliphatic rings. The van der Waals surface area contributed by atoms with Crippen LogP contribution >= 0.6 is 0 Å². The Morgan fingerprint density at radius 3 is 1.69 bits per heavy atom. The fraction of sp³-hybridized carbons (Fsp3) is 0.750. The molecule has 1 fully saturated rings. The highest BCUT2D eigenvalue weighted by molar-refractivity contribution is 7.89. The normalized spacial score (nSPS) is 13.9. The summed E-state index contributed by atoms with van der Waals surface area (Å²) in [5, 5.41) is 7.72. The summed E-state index contributed by atoms with van der Waals surface area (Å²) in [6.07, 6.45) is 3.22. The van der Waals surface area contributed by atoms with Gasteiger partial charge in [0.25, 0.3) is 0 Å². The van der Waals surface area contributed by atoms with Gasteiger partial charge in [0.05, 0.1) is 4.90 Å². The number of hydrogen-bond donors (Lipinski definition) is 1. The van der Waals surface area contributed by atoms with Gasteiger partial charge in [-0.1, -0.05) is 95.2 Å². The van der Waals surface area contributed by atoms with E-state index >= 15 is 0 Å². The second-order valence-corrected chi connectivity index (χ2v) is 8.24. The molecule has 1 aliphatic heterocycles. The Balaban J connectivity index is -0.000000271. The van der Waals surface area contributed by atoms with E-state index < -0.39 is 16.0 Å². The number of benzene rings is 1. The summed E-state index contributed by atoms with van der Waals surface area (Å²) >= 11 is 0. The highest BCUT2D eigenvalue weighted by atomic mass is 32.2. The van der Waals surface area contributed by atoms with Gasteiger partial charge in [-0.05, 0) is 43.0 Å². The summed E-state index contributed by atoms with van der Waals surface area (Å²) in [7, 11) is -3.31. The summed E-state index contributed by atoms with van der Waals surface area (Å²) in [5.41, 5.74) is 2.28. The van der Waals surface area contributed by atoms with Gasteiger partial charge < -0.3 is 10.0 Å². The molecule has 35 heavy (non-hydrogen) atoms. The van der Waals surface area contributed by atoms with Crippen molar-refractivity contribution in [2.75, 3.05) is 32.7 Å². The lowest BCUT2D eigenvalue weighted by atomic mass is 10.1. The number of rotatable bonds is 4. The summed E-state index contributed by atoms with van der Waals surface area (Å²) in [6, 6.07) is 5.74. The van der Waals surface area contributed by atoms with Crippen LogP contribution in [0.4, 0.5) is 0 Å². The Labute approximate surface area is 219 Å². The number of aryl methyl sites for hydroxylation is 1. The zero-order chi connectivity index (χ0) is 28.4. The Kier molecular flexibility index (Phi) is 31.6.